The molecule has 0 fully saturated rings. The zero-order valence-corrected chi connectivity index (χ0v) is 18.6. The molecule has 0 saturated heterocycles. The van der Waals surface area contributed by atoms with Crippen LogP contribution in [-0.2, 0) is 6.61 Å². The highest BCUT2D eigenvalue weighted by atomic mass is 32.2. The number of carbonyl (C=O) groups excluding carboxylic acids is 1. The average Bonchev–Trinajstić information content (AvgIpc) is 3.16. The molecule has 0 amide bonds. The van der Waals surface area contributed by atoms with Crippen molar-refractivity contribution in [1.82, 2.24) is 10.2 Å². The van der Waals surface area contributed by atoms with Crippen LogP contribution in [0.25, 0.3) is 0 Å². The number of ether oxygens (including phenoxy) is 1. The lowest BCUT2D eigenvalue weighted by Crippen LogP contribution is -2.08. The van der Waals surface area contributed by atoms with Gasteiger partial charge in [0.2, 0.25) is 0 Å². The van der Waals surface area contributed by atoms with E-state index in [1.165, 1.54) is 22.9 Å². The number of Topliss-reactive ketones (excluding diaryl/α,β-unsaturated/α-hetero) is 1. The summed E-state index contributed by atoms with van der Waals surface area (Å²) in [7, 11) is 0. The van der Waals surface area contributed by atoms with Gasteiger partial charge in [-0.15, -0.1) is 10.2 Å². The van der Waals surface area contributed by atoms with Gasteiger partial charge in [-0.1, -0.05) is 23.9 Å². The smallest absolute Gasteiger partial charge is 0.277 e. The minimum absolute atomic E-state index is 0.0603. The van der Waals surface area contributed by atoms with Crippen molar-refractivity contribution in [3.63, 3.8) is 0 Å². The quantitative estimate of drug-likeness (QED) is 0.380. The van der Waals surface area contributed by atoms with E-state index in [-0.39, 0.29) is 18.1 Å². The Morgan fingerprint density at radius 3 is 2.48 bits per heavy atom. The average molecular weight is 411 g/mol. The van der Waals surface area contributed by atoms with Crippen LogP contribution in [-0.4, -0.2) is 21.7 Å². The molecule has 0 aliphatic carbocycles. The fraction of sp³-hybridized carbons (Fsp3) is 0.348. The van der Waals surface area contributed by atoms with Crippen molar-refractivity contribution < 1.29 is 13.9 Å². The summed E-state index contributed by atoms with van der Waals surface area (Å²) < 4.78 is 11.4. The number of thioether (sulfide) groups is 1. The van der Waals surface area contributed by atoms with Crippen LogP contribution in [0.5, 0.6) is 5.75 Å². The predicted molar refractivity (Wildman–Crippen MR) is 115 cm³/mol. The zero-order valence-electron chi connectivity index (χ0n) is 17.8. The summed E-state index contributed by atoms with van der Waals surface area (Å²) in [6, 6.07) is 8.01. The van der Waals surface area contributed by atoms with Gasteiger partial charge in [0, 0.05) is 5.56 Å². The molecule has 0 unspecified atom stereocenters. The van der Waals surface area contributed by atoms with Gasteiger partial charge in [-0.05, 0) is 87.1 Å². The fourth-order valence-corrected chi connectivity index (χ4v) is 3.73. The second-order valence-electron chi connectivity index (χ2n) is 7.35. The number of rotatable bonds is 7. The molecule has 0 bridgehead atoms. The second-order valence-corrected chi connectivity index (χ2v) is 8.27. The van der Waals surface area contributed by atoms with E-state index in [1.54, 1.807) is 0 Å². The van der Waals surface area contributed by atoms with Crippen molar-refractivity contribution in [3.05, 3.63) is 69.1 Å². The highest BCUT2D eigenvalue weighted by molar-refractivity contribution is 7.99. The number of hydrogen-bond donors (Lipinski definition) is 0. The third-order valence-corrected chi connectivity index (χ3v) is 6.07. The van der Waals surface area contributed by atoms with E-state index in [0.717, 1.165) is 33.6 Å². The fourth-order valence-electron chi connectivity index (χ4n) is 3.06. The van der Waals surface area contributed by atoms with E-state index < -0.39 is 0 Å². The summed E-state index contributed by atoms with van der Waals surface area (Å²) in [5, 5.41) is 8.41. The van der Waals surface area contributed by atoms with E-state index in [2.05, 4.69) is 24.0 Å². The Morgan fingerprint density at radius 1 is 0.966 bits per heavy atom. The summed E-state index contributed by atoms with van der Waals surface area (Å²) in [6.07, 6.45) is 0. The first-order valence-corrected chi connectivity index (χ1v) is 10.5. The summed E-state index contributed by atoms with van der Waals surface area (Å²) in [4.78, 5) is 12.7. The van der Waals surface area contributed by atoms with Crippen molar-refractivity contribution in [2.75, 3.05) is 5.75 Å². The molecule has 0 atom stereocenters. The van der Waals surface area contributed by atoms with Crippen molar-refractivity contribution >= 4 is 17.5 Å². The Kier molecular flexibility index (Phi) is 6.42. The minimum atomic E-state index is 0.0603. The van der Waals surface area contributed by atoms with Crippen LogP contribution in [0.2, 0.25) is 0 Å². The van der Waals surface area contributed by atoms with E-state index in [4.69, 9.17) is 9.15 Å². The monoisotopic (exact) mass is 410 g/mol. The molecular weight excluding hydrogens is 384 g/mol. The van der Waals surface area contributed by atoms with Crippen molar-refractivity contribution in [2.45, 2.75) is 53.4 Å². The zero-order chi connectivity index (χ0) is 21.1. The lowest BCUT2D eigenvalue weighted by molar-refractivity contribution is 0.102. The van der Waals surface area contributed by atoms with Gasteiger partial charge in [-0.25, -0.2) is 0 Å². The van der Waals surface area contributed by atoms with Crippen LogP contribution < -0.4 is 4.74 Å². The number of aryl methyl sites for hydroxylation is 3. The number of benzene rings is 2. The Morgan fingerprint density at radius 2 is 1.72 bits per heavy atom. The van der Waals surface area contributed by atoms with Crippen LogP contribution in [0.4, 0.5) is 0 Å². The Labute approximate surface area is 175 Å². The lowest BCUT2D eigenvalue weighted by Gasteiger charge is -2.13. The lowest BCUT2D eigenvalue weighted by atomic mass is 9.93. The van der Waals surface area contributed by atoms with Gasteiger partial charge in [0.05, 0.1) is 5.75 Å². The maximum atomic E-state index is 12.7. The van der Waals surface area contributed by atoms with E-state index >= 15 is 0 Å². The highest BCUT2D eigenvalue weighted by Gasteiger charge is 2.16. The molecule has 152 valence electrons. The summed E-state index contributed by atoms with van der Waals surface area (Å²) >= 11 is 1.25. The number of nitrogens with zero attached hydrogens (tertiary/aromatic N) is 2. The van der Waals surface area contributed by atoms with Crippen LogP contribution >= 0.6 is 11.8 Å². The van der Waals surface area contributed by atoms with Gasteiger partial charge in [0.1, 0.15) is 5.75 Å². The molecule has 3 aromatic rings. The maximum Gasteiger partial charge on any atom is 0.277 e. The minimum Gasteiger partial charge on any atom is -0.484 e. The molecule has 0 radical (unpaired) electrons. The number of carbonyl (C=O) groups is 1. The van der Waals surface area contributed by atoms with Crippen molar-refractivity contribution in [3.8, 4) is 5.75 Å². The predicted octanol–water partition coefficient (Wildman–Crippen LogP) is 5.47. The van der Waals surface area contributed by atoms with E-state index in [0.29, 0.717) is 11.1 Å². The number of aromatic nitrogens is 2. The number of ketones is 1. The number of hydrogen-bond acceptors (Lipinski definition) is 6. The molecule has 6 heteroatoms. The molecule has 0 spiro atoms. The normalized spacial score (nSPS) is 11.0. The summed E-state index contributed by atoms with van der Waals surface area (Å²) in [6.45, 7) is 12.4. The Bertz CT molecular complexity index is 1060. The molecule has 0 aliphatic rings. The molecule has 1 aromatic heterocycles. The molecule has 0 saturated carbocycles. The molecular formula is C23H26N2O3S. The molecule has 2 aromatic carbocycles. The molecule has 0 aliphatic heterocycles. The first-order valence-electron chi connectivity index (χ1n) is 9.52. The summed E-state index contributed by atoms with van der Waals surface area (Å²) in [5.74, 6) is 1.50. The van der Waals surface area contributed by atoms with Crippen molar-refractivity contribution in [1.29, 1.82) is 0 Å². The van der Waals surface area contributed by atoms with E-state index in [9.17, 15) is 4.79 Å². The molecule has 5 nitrogen and oxygen atoms in total. The first-order chi connectivity index (χ1) is 13.8. The van der Waals surface area contributed by atoms with Gasteiger partial charge < -0.3 is 9.15 Å². The third-order valence-electron chi connectivity index (χ3n) is 5.25. The Balaban J connectivity index is 1.61. The Hall–Kier alpha value is -2.60. The van der Waals surface area contributed by atoms with E-state index in [1.807, 2.05) is 52.0 Å². The van der Waals surface area contributed by atoms with Gasteiger partial charge in [-0.3, -0.25) is 4.79 Å². The standard InChI is InChI=1S/C23H26N2O3S/c1-13-7-8-14(2)21(9-13)27-11-22-24-25-23(28-22)29-12-20(26)19-10-15(3)16(4)17(5)18(19)6/h7-10H,11-12H2,1-6H3. The molecule has 1 heterocycles. The van der Waals surface area contributed by atoms with Gasteiger partial charge in [0.25, 0.3) is 11.1 Å². The van der Waals surface area contributed by atoms with Gasteiger partial charge >= 0.3 is 0 Å². The highest BCUT2D eigenvalue weighted by Crippen LogP contribution is 2.25. The topological polar surface area (TPSA) is 65.2 Å². The summed E-state index contributed by atoms with van der Waals surface area (Å²) in [5.41, 5.74) is 7.50. The largest absolute Gasteiger partial charge is 0.484 e. The SMILES string of the molecule is Cc1ccc(C)c(OCc2nnc(SCC(=O)c3cc(C)c(C)c(C)c3C)o2)c1. The molecule has 3 rings (SSSR count). The van der Waals surface area contributed by atoms with Crippen molar-refractivity contribution in [2.24, 2.45) is 0 Å². The maximum absolute atomic E-state index is 12.7. The first kappa shape index (κ1) is 21.1. The third kappa shape index (κ3) is 4.88. The van der Waals surface area contributed by atoms with Crippen LogP contribution in [0, 0.1) is 41.5 Å². The second kappa shape index (κ2) is 8.82. The van der Waals surface area contributed by atoms with Gasteiger partial charge in [-0.2, -0.15) is 0 Å². The van der Waals surface area contributed by atoms with Gasteiger partial charge in [0.15, 0.2) is 12.4 Å². The molecule has 0 N–H and O–H groups in total. The van der Waals surface area contributed by atoms with Crippen LogP contribution in [0.1, 0.15) is 49.6 Å². The molecule has 29 heavy (non-hydrogen) atoms. The van der Waals surface area contributed by atoms with Crippen LogP contribution in [0.15, 0.2) is 33.9 Å². The van der Waals surface area contributed by atoms with Crippen LogP contribution in [0.3, 0.4) is 0 Å².